The molecule has 1 aliphatic carbocycles. The van der Waals surface area contributed by atoms with Gasteiger partial charge in [0, 0.05) is 7.05 Å². The molecule has 0 unspecified atom stereocenters. The number of nitrogens with two attached hydrogens (primary N) is 1. The third-order valence-electron chi connectivity index (χ3n) is 3.44. The summed E-state index contributed by atoms with van der Waals surface area (Å²) < 4.78 is 7.80. The largest absolute Gasteiger partial charge is 0.473 e. The van der Waals surface area contributed by atoms with Crippen molar-refractivity contribution >= 4 is 5.69 Å². The summed E-state index contributed by atoms with van der Waals surface area (Å²) in [7, 11) is 1.90. The molecule has 0 spiro atoms. The summed E-state index contributed by atoms with van der Waals surface area (Å²) in [4.78, 5) is 0. The molecule has 0 atom stereocenters. The third kappa shape index (κ3) is 2.56. The molecule has 2 rings (SSSR count). The second-order valence-electron chi connectivity index (χ2n) is 5.26. The molecule has 96 valence electrons. The van der Waals surface area contributed by atoms with E-state index >= 15 is 0 Å². The molecule has 1 aromatic rings. The van der Waals surface area contributed by atoms with Crippen molar-refractivity contribution in [2.45, 2.75) is 58.0 Å². The minimum atomic E-state index is 0.321. The van der Waals surface area contributed by atoms with Gasteiger partial charge in [-0.25, -0.2) is 4.68 Å². The maximum absolute atomic E-state index is 6.11. The van der Waals surface area contributed by atoms with Crippen LogP contribution in [0.3, 0.4) is 0 Å². The van der Waals surface area contributed by atoms with Crippen molar-refractivity contribution < 1.29 is 4.74 Å². The molecular formula is C13H23N3O. The van der Waals surface area contributed by atoms with Crippen molar-refractivity contribution in [3.63, 3.8) is 0 Å². The van der Waals surface area contributed by atoms with Gasteiger partial charge in [0.05, 0.1) is 5.69 Å². The second kappa shape index (κ2) is 4.98. The molecule has 1 saturated carbocycles. The molecule has 1 heterocycles. The number of hydrogen-bond acceptors (Lipinski definition) is 3. The lowest BCUT2D eigenvalue weighted by atomic mass is 9.98. The van der Waals surface area contributed by atoms with E-state index in [9.17, 15) is 0 Å². The standard InChI is InChI=1S/C13H23N3O/c1-9(2)12-11(14)13(16(3)15-12)17-10-7-5-4-6-8-10/h9-10H,4-8,14H2,1-3H3. The van der Waals surface area contributed by atoms with Crippen LogP contribution in [0.1, 0.15) is 57.6 Å². The molecule has 2 N–H and O–H groups in total. The Morgan fingerprint density at radius 3 is 2.47 bits per heavy atom. The van der Waals surface area contributed by atoms with Gasteiger partial charge in [-0.05, 0) is 31.6 Å². The Morgan fingerprint density at radius 2 is 1.94 bits per heavy atom. The molecule has 1 aromatic heterocycles. The zero-order valence-corrected chi connectivity index (χ0v) is 11.1. The molecule has 0 radical (unpaired) electrons. The predicted octanol–water partition coefficient (Wildman–Crippen LogP) is 2.84. The molecule has 4 heteroatoms. The van der Waals surface area contributed by atoms with Crippen molar-refractivity contribution in [2.75, 3.05) is 5.73 Å². The number of ether oxygens (including phenoxy) is 1. The minimum absolute atomic E-state index is 0.321. The molecule has 17 heavy (non-hydrogen) atoms. The van der Waals surface area contributed by atoms with Crippen LogP contribution in [0, 0.1) is 0 Å². The van der Waals surface area contributed by atoms with Gasteiger partial charge in [-0.1, -0.05) is 20.3 Å². The van der Waals surface area contributed by atoms with E-state index < -0.39 is 0 Å². The summed E-state index contributed by atoms with van der Waals surface area (Å²) in [6.45, 7) is 4.20. The van der Waals surface area contributed by atoms with Gasteiger partial charge in [-0.2, -0.15) is 5.10 Å². The van der Waals surface area contributed by atoms with Crippen LogP contribution in [0.15, 0.2) is 0 Å². The number of rotatable bonds is 3. The smallest absolute Gasteiger partial charge is 0.236 e. The molecular weight excluding hydrogens is 214 g/mol. The molecule has 0 bridgehead atoms. The highest BCUT2D eigenvalue weighted by atomic mass is 16.5. The first-order valence-corrected chi connectivity index (χ1v) is 6.58. The molecule has 4 nitrogen and oxygen atoms in total. The van der Waals surface area contributed by atoms with E-state index in [1.165, 1.54) is 19.3 Å². The Balaban J connectivity index is 2.14. The number of nitrogens with zero attached hydrogens (tertiary/aromatic N) is 2. The Hall–Kier alpha value is -1.19. The maximum atomic E-state index is 6.11. The van der Waals surface area contributed by atoms with Crippen molar-refractivity contribution in [1.82, 2.24) is 9.78 Å². The van der Waals surface area contributed by atoms with Gasteiger partial charge in [0.2, 0.25) is 5.88 Å². The Kier molecular flexibility index (Phi) is 3.60. The van der Waals surface area contributed by atoms with Gasteiger partial charge in [-0.3, -0.25) is 0 Å². The molecule has 1 fully saturated rings. The van der Waals surface area contributed by atoms with Crippen molar-refractivity contribution in [3.8, 4) is 5.88 Å². The van der Waals surface area contributed by atoms with Gasteiger partial charge in [0.25, 0.3) is 0 Å². The lowest BCUT2D eigenvalue weighted by Gasteiger charge is -2.23. The van der Waals surface area contributed by atoms with E-state index in [2.05, 4.69) is 18.9 Å². The quantitative estimate of drug-likeness (QED) is 0.879. The van der Waals surface area contributed by atoms with E-state index in [0.29, 0.717) is 17.7 Å². The lowest BCUT2D eigenvalue weighted by Crippen LogP contribution is -2.21. The fourth-order valence-electron chi connectivity index (χ4n) is 2.45. The number of nitrogen functional groups attached to an aromatic ring is 1. The number of aryl methyl sites for hydroxylation is 1. The highest BCUT2D eigenvalue weighted by Crippen LogP contribution is 2.32. The summed E-state index contributed by atoms with van der Waals surface area (Å²) in [6.07, 6.45) is 6.46. The van der Waals surface area contributed by atoms with Crippen LogP contribution in [0.25, 0.3) is 0 Å². The van der Waals surface area contributed by atoms with E-state index in [0.717, 1.165) is 24.4 Å². The summed E-state index contributed by atoms with van der Waals surface area (Å²) in [5.41, 5.74) is 7.77. The van der Waals surface area contributed by atoms with E-state index in [-0.39, 0.29) is 0 Å². The Bertz CT molecular complexity index is 378. The lowest BCUT2D eigenvalue weighted by molar-refractivity contribution is 0.143. The topological polar surface area (TPSA) is 53.1 Å². The third-order valence-corrected chi connectivity index (χ3v) is 3.44. The summed E-state index contributed by atoms with van der Waals surface area (Å²) in [5.74, 6) is 1.09. The van der Waals surface area contributed by atoms with Crippen molar-refractivity contribution in [3.05, 3.63) is 5.69 Å². The van der Waals surface area contributed by atoms with Crippen LogP contribution in [0.2, 0.25) is 0 Å². The van der Waals surface area contributed by atoms with Crippen LogP contribution in [0.5, 0.6) is 5.88 Å². The van der Waals surface area contributed by atoms with Crippen molar-refractivity contribution in [2.24, 2.45) is 7.05 Å². The summed E-state index contributed by atoms with van der Waals surface area (Å²) in [5, 5.41) is 4.44. The number of hydrogen-bond donors (Lipinski definition) is 1. The van der Waals surface area contributed by atoms with Crippen LogP contribution in [-0.2, 0) is 7.05 Å². The number of aromatic nitrogens is 2. The maximum Gasteiger partial charge on any atom is 0.236 e. The highest BCUT2D eigenvalue weighted by Gasteiger charge is 2.21. The first-order valence-electron chi connectivity index (χ1n) is 6.58. The van der Waals surface area contributed by atoms with Gasteiger partial charge in [0.15, 0.2) is 0 Å². The van der Waals surface area contributed by atoms with E-state index in [1.807, 2.05) is 7.05 Å². The zero-order chi connectivity index (χ0) is 12.4. The Labute approximate surface area is 103 Å². The minimum Gasteiger partial charge on any atom is -0.473 e. The van der Waals surface area contributed by atoms with E-state index in [4.69, 9.17) is 10.5 Å². The zero-order valence-electron chi connectivity index (χ0n) is 11.1. The molecule has 0 amide bonds. The van der Waals surface area contributed by atoms with Crippen molar-refractivity contribution in [1.29, 1.82) is 0 Å². The number of anilines is 1. The first-order chi connectivity index (χ1) is 8.09. The van der Waals surface area contributed by atoms with Gasteiger partial charge < -0.3 is 10.5 Å². The molecule has 0 aromatic carbocycles. The fraction of sp³-hybridized carbons (Fsp3) is 0.769. The van der Waals surface area contributed by atoms with Crippen LogP contribution in [0.4, 0.5) is 5.69 Å². The Morgan fingerprint density at radius 1 is 1.29 bits per heavy atom. The van der Waals surface area contributed by atoms with E-state index in [1.54, 1.807) is 4.68 Å². The van der Waals surface area contributed by atoms with Crippen LogP contribution >= 0.6 is 0 Å². The van der Waals surface area contributed by atoms with Crippen LogP contribution < -0.4 is 10.5 Å². The highest BCUT2D eigenvalue weighted by molar-refractivity contribution is 5.54. The predicted molar refractivity (Wildman–Crippen MR) is 69.2 cm³/mol. The normalized spacial score (nSPS) is 17.6. The molecule has 0 aliphatic heterocycles. The fourth-order valence-corrected chi connectivity index (χ4v) is 2.45. The van der Waals surface area contributed by atoms with Gasteiger partial charge in [-0.15, -0.1) is 0 Å². The van der Waals surface area contributed by atoms with Gasteiger partial charge >= 0.3 is 0 Å². The average Bonchev–Trinajstić information content (AvgIpc) is 2.58. The molecule has 1 aliphatic rings. The SMILES string of the molecule is CC(C)c1nn(C)c(OC2CCCCC2)c1N. The molecule has 0 saturated heterocycles. The summed E-state index contributed by atoms with van der Waals surface area (Å²) >= 11 is 0. The first kappa shape index (κ1) is 12.3. The monoisotopic (exact) mass is 237 g/mol. The van der Waals surface area contributed by atoms with Gasteiger partial charge in [0.1, 0.15) is 11.8 Å². The van der Waals surface area contributed by atoms with Crippen LogP contribution in [-0.4, -0.2) is 15.9 Å². The summed E-state index contributed by atoms with van der Waals surface area (Å²) in [6, 6.07) is 0. The average molecular weight is 237 g/mol. The second-order valence-corrected chi connectivity index (χ2v) is 5.26.